The second-order valence-electron chi connectivity index (χ2n) is 7.66. The average Bonchev–Trinajstić information content (AvgIpc) is 3.31. The lowest BCUT2D eigenvalue weighted by molar-refractivity contribution is 0.111. The van der Waals surface area contributed by atoms with Gasteiger partial charge in [-0.1, -0.05) is 20.8 Å². The van der Waals surface area contributed by atoms with Crippen LogP contribution in [0.2, 0.25) is 0 Å². The Kier molecular flexibility index (Phi) is 2.84. The van der Waals surface area contributed by atoms with E-state index in [9.17, 15) is 4.79 Å². The summed E-state index contributed by atoms with van der Waals surface area (Å²) in [6.07, 6.45) is 6.20. The molecule has 0 aromatic carbocycles. The highest BCUT2D eigenvalue weighted by atomic mass is 32.1. The molecule has 0 bridgehead atoms. The Labute approximate surface area is 129 Å². The molecule has 0 radical (unpaired) electrons. The van der Waals surface area contributed by atoms with Gasteiger partial charge in [0.2, 0.25) is 0 Å². The van der Waals surface area contributed by atoms with Gasteiger partial charge in [-0.25, -0.2) is 4.98 Å². The minimum absolute atomic E-state index is 0.0172. The zero-order valence-electron chi connectivity index (χ0n) is 13.0. The monoisotopic (exact) mass is 302 g/mol. The van der Waals surface area contributed by atoms with E-state index in [1.165, 1.54) is 41.0 Å². The summed E-state index contributed by atoms with van der Waals surface area (Å²) in [5.41, 5.74) is 3.13. The summed E-state index contributed by atoms with van der Waals surface area (Å²) in [5.74, 6) is 1.43. The molecule has 2 aliphatic rings. The molecule has 0 amide bonds. The Morgan fingerprint density at radius 1 is 1.29 bits per heavy atom. The van der Waals surface area contributed by atoms with Crippen molar-refractivity contribution in [2.45, 2.75) is 64.3 Å². The fraction of sp³-hybridized carbons (Fsp3) is 0.647. The summed E-state index contributed by atoms with van der Waals surface area (Å²) in [6.45, 7) is 7.57. The number of hydrogen-bond donors (Lipinski definition) is 0. The molecule has 0 spiro atoms. The van der Waals surface area contributed by atoms with Crippen LogP contribution in [0.3, 0.4) is 0 Å². The molecule has 2 aromatic heterocycles. The Morgan fingerprint density at radius 3 is 2.52 bits per heavy atom. The number of hydrogen-bond acceptors (Lipinski definition) is 3. The molecule has 112 valence electrons. The first-order valence-electron chi connectivity index (χ1n) is 7.97. The predicted molar refractivity (Wildman–Crippen MR) is 86.4 cm³/mol. The van der Waals surface area contributed by atoms with Crippen molar-refractivity contribution < 1.29 is 4.79 Å². The number of aromatic nitrogens is 2. The quantitative estimate of drug-likeness (QED) is 0.780. The molecule has 2 aromatic rings. The van der Waals surface area contributed by atoms with Gasteiger partial charge < -0.3 is 4.57 Å². The highest BCUT2D eigenvalue weighted by Gasteiger charge is 2.34. The van der Waals surface area contributed by atoms with Gasteiger partial charge in [0.15, 0.2) is 11.9 Å². The van der Waals surface area contributed by atoms with Gasteiger partial charge in [0.1, 0.15) is 0 Å². The smallest absolute Gasteiger partial charge is 0.166 e. The molecule has 2 fully saturated rings. The zero-order chi connectivity index (χ0) is 14.8. The van der Waals surface area contributed by atoms with E-state index < -0.39 is 0 Å². The van der Waals surface area contributed by atoms with Crippen LogP contribution in [-0.4, -0.2) is 15.8 Å². The first-order chi connectivity index (χ1) is 9.99. The van der Waals surface area contributed by atoms with E-state index in [-0.39, 0.29) is 5.41 Å². The zero-order valence-corrected chi connectivity index (χ0v) is 13.8. The van der Waals surface area contributed by atoms with Crippen LogP contribution in [0.15, 0.2) is 0 Å². The number of nitrogens with zero attached hydrogens (tertiary/aromatic N) is 2. The first-order valence-corrected chi connectivity index (χ1v) is 8.79. The summed E-state index contributed by atoms with van der Waals surface area (Å²) in [6, 6.07) is 0. The van der Waals surface area contributed by atoms with Crippen LogP contribution < -0.4 is 0 Å². The molecule has 0 unspecified atom stereocenters. The van der Waals surface area contributed by atoms with E-state index >= 15 is 0 Å². The average molecular weight is 302 g/mol. The maximum absolute atomic E-state index is 11.8. The molecule has 4 heteroatoms. The van der Waals surface area contributed by atoms with Crippen LogP contribution in [0.1, 0.15) is 73.4 Å². The highest BCUT2D eigenvalue weighted by molar-refractivity contribution is 7.18. The molecular weight excluding hydrogens is 280 g/mol. The molecule has 0 saturated heterocycles. The van der Waals surface area contributed by atoms with E-state index in [1.54, 1.807) is 0 Å². The fourth-order valence-corrected chi connectivity index (χ4v) is 4.64. The van der Waals surface area contributed by atoms with Crippen molar-refractivity contribution in [1.29, 1.82) is 0 Å². The van der Waals surface area contributed by atoms with Crippen molar-refractivity contribution in [2.75, 3.05) is 0 Å². The lowest BCUT2D eigenvalue weighted by Crippen LogP contribution is -2.15. The maximum Gasteiger partial charge on any atom is 0.166 e. The van der Waals surface area contributed by atoms with E-state index in [4.69, 9.17) is 4.98 Å². The second kappa shape index (κ2) is 4.42. The lowest BCUT2D eigenvalue weighted by atomic mass is 9.87. The topological polar surface area (TPSA) is 34.9 Å². The van der Waals surface area contributed by atoms with Crippen LogP contribution in [0.25, 0.3) is 10.3 Å². The first kappa shape index (κ1) is 13.5. The molecular formula is C17H22N2OS. The highest BCUT2D eigenvalue weighted by Crippen LogP contribution is 2.47. The Hall–Kier alpha value is -1.16. The molecule has 2 saturated carbocycles. The third-order valence-corrected chi connectivity index (χ3v) is 5.81. The molecule has 21 heavy (non-hydrogen) atoms. The van der Waals surface area contributed by atoms with Crippen molar-refractivity contribution >= 4 is 28.0 Å². The molecule has 0 aliphatic heterocycles. The van der Waals surface area contributed by atoms with Crippen LogP contribution in [0, 0.1) is 5.92 Å². The van der Waals surface area contributed by atoms with Crippen LogP contribution in [0.4, 0.5) is 0 Å². The number of fused-ring (bicyclic) bond motifs is 1. The fourth-order valence-electron chi connectivity index (χ4n) is 3.14. The molecule has 4 rings (SSSR count). The standard InChI is InChI=1S/C17H22N2OS/c1-17(2,3)13-12(9-20)19(8-10-4-5-10)15-14(13)21-16(18-15)11-6-7-11/h9-11H,4-8H2,1-3H3. The largest absolute Gasteiger partial charge is 0.322 e. The van der Waals surface area contributed by atoms with Crippen LogP contribution in [0.5, 0.6) is 0 Å². The molecule has 0 N–H and O–H groups in total. The van der Waals surface area contributed by atoms with Gasteiger partial charge in [0.25, 0.3) is 0 Å². The Morgan fingerprint density at radius 2 is 2.00 bits per heavy atom. The molecule has 3 nitrogen and oxygen atoms in total. The SMILES string of the molecule is CC(C)(C)c1c(C=O)n(CC2CC2)c2nc(C3CC3)sc12. The van der Waals surface area contributed by atoms with Crippen molar-refractivity contribution in [2.24, 2.45) is 5.92 Å². The third-order valence-electron chi connectivity index (χ3n) is 4.58. The summed E-state index contributed by atoms with van der Waals surface area (Å²) >= 11 is 1.83. The van der Waals surface area contributed by atoms with E-state index in [2.05, 4.69) is 25.3 Å². The van der Waals surface area contributed by atoms with Gasteiger partial charge in [0.05, 0.1) is 15.4 Å². The van der Waals surface area contributed by atoms with Gasteiger partial charge in [-0.2, -0.15) is 0 Å². The van der Waals surface area contributed by atoms with Gasteiger partial charge in [-0.05, 0) is 37.0 Å². The lowest BCUT2D eigenvalue weighted by Gasteiger charge is -2.19. The van der Waals surface area contributed by atoms with Gasteiger partial charge in [0, 0.05) is 18.0 Å². The minimum Gasteiger partial charge on any atom is -0.322 e. The van der Waals surface area contributed by atoms with Gasteiger partial charge in [-0.15, -0.1) is 11.3 Å². The van der Waals surface area contributed by atoms with Crippen LogP contribution >= 0.6 is 11.3 Å². The summed E-state index contributed by atoms with van der Waals surface area (Å²) in [7, 11) is 0. The number of carbonyl (C=O) groups is 1. The van der Waals surface area contributed by atoms with Crippen LogP contribution in [-0.2, 0) is 12.0 Å². The van der Waals surface area contributed by atoms with Crippen molar-refractivity contribution in [3.05, 3.63) is 16.3 Å². The number of rotatable bonds is 4. The Bertz CT molecular complexity index is 711. The van der Waals surface area contributed by atoms with Crippen molar-refractivity contribution in [3.8, 4) is 0 Å². The molecule has 2 heterocycles. The summed E-state index contributed by atoms with van der Waals surface area (Å²) < 4.78 is 3.47. The van der Waals surface area contributed by atoms with E-state index in [1.807, 2.05) is 11.3 Å². The third kappa shape index (κ3) is 2.24. The Balaban J connectivity index is 1.95. The molecule has 2 aliphatic carbocycles. The van der Waals surface area contributed by atoms with Gasteiger partial charge >= 0.3 is 0 Å². The van der Waals surface area contributed by atoms with Crippen molar-refractivity contribution in [3.63, 3.8) is 0 Å². The van der Waals surface area contributed by atoms with E-state index in [0.29, 0.717) is 5.92 Å². The summed E-state index contributed by atoms with van der Waals surface area (Å²) in [4.78, 5) is 16.7. The normalized spacial score (nSPS) is 19.4. The maximum atomic E-state index is 11.8. The van der Waals surface area contributed by atoms with Gasteiger partial charge in [-0.3, -0.25) is 4.79 Å². The molecule has 0 atom stereocenters. The van der Waals surface area contributed by atoms with E-state index in [0.717, 1.165) is 30.1 Å². The number of aldehydes is 1. The predicted octanol–water partition coefficient (Wildman–Crippen LogP) is 4.50. The number of carbonyl (C=O) groups excluding carboxylic acids is 1. The minimum atomic E-state index is -0.0172. The number of thiazole rings is 1. The second-order valence-corrected chi connectivity index (χ2v) is 8.69. The van der Waals surface area contributed by atoms with Crippen molar-refractivity contribution in [1.82, 2.24) is 9.55 Å². The summed E-state index contributed by atoms with van der Waals surface area (Å²) in [5, 5.41) is 1.28.